The van der Waals surface area contributed by atoms with Gasteiger partial charge in [-0.1, -0.05) is 77.3 Å². The summed E-state index contributed by atoms with van der Waals surface area (Å²) in [5.74, 6) is 2.50. The standard InChI is InChI=1S/C36H45NO2S/c1-5-7-9-10-12-28(11-8-6-2)25-29-26-36(40-27-29)30-13-15-31(16-14-30)37(32-17-21-34(38-3)22-18-32)33-19-23-35(39-4)24-20-33/h13-24,26-28H,5-12,25H2,1-4H3. The molecule has 4 rings (SSSR count). The molecule has 0 aliphatic rings. The Bertz CT molecular complexity index is 1210. The molecular formula is C36H45NO2S. The van der Waals surface area contributed by atoms with E-state index in [-0.39, 0.29) is 0 Å². The topological polar surface area (TPSA) is 21.7 Å². The molecule has 0 aliphatic heterocycles. The molecular weight excluding hydrogens is 510 g/mol. The lowest BCUT2D eigenvalue weighted by atomic mass is 9.90. The van der Waals surface area contributed by atoms with Crippen LogP contribution in [-0.4, -0.2) is 14.2 Å². The summed E-state index contributed by atoms with van der Waals surface area (Å²) in [5, 5.41) is 2.38. The van der Waals surface area contributed by atoms with Crippen LogP contribution in [0.25, 0.3) is 10.4 Å². The second-order valence-electron chi connectivity index (χ2n) is 10.7. The summed E-state index contributed by atoms with van der Waals surface area (Å²) in [5.41, 5.74) is 6.04. The first-order chi connectivity index (χ1) is 19.6. The minimum atomic E-state index is 0.809. The van der Waals surface area contributed by atoms with E-state index >= 15 is 0 Å². The molecule has 0 saturated heterocycles. The maximum atomic E-state index is 5.40. The number of methoxy groups -OCH3 is 2. The predicted octanol–water partition coefficient (Wildman–Crippen LogP) is 11.2. The average molecular weight is 556 g/mol. The van der Waals surface area contributed by atoms with Crippen LogP contribution in [0.15, 0.2) is 84.2 Å². The van der Waals surface area contributed by atoms with Crippen LogP contribution in [-0.2, 0) is 6.42 Å². The van der Waals surface area contributed by atoms with Crippen LogP contribution in [0.4, 0.5) is 17.1 Å². The third-order valence-electron chi connectivity index (χ3n) is 7.68. The largest absolute Gasteiger partial charge is 0.497 e. The van der Waals surface area contributed by atoms with Gasteiger partial charge in [-0.25, -0.2) is 0 Å². The Labute approximate surface area is 245 Å². The van der Waals surface area contributed by atoms with Gasteiger partial charge in [0.05, 0.1) is 14.2 Å². The van der Waals surface area contributed by atoms with E-state index in [4.69, 9.17) is 9.47 Å². The molecule has 0 N–H and O–H groups in total. The number of benzene rings is 3. The van der Waals surface area contributed by atoms with Gasteiger partial charge >= 0.3 is 0 Å². The van der Waals surface area contributed by atoms with Crippen LogP contribution in [0.2, 0.25) is 0 Å². The molecule has 0 spiro atoms. The van der Waals surface area contributed by atoms with Gasteiger partial charge in [-0.05, 0) is 95.6 Å². The number of ether oxygens (including phenoxy) is 2. The molecule has 1 heterocycles. The van der Waals surface area contributed by atoms with Gasteiger partial charge in [-0.2, -0.15) is 0 Å². The summed E-state index contributed by atoms with van der Waals surface area (Å²) in [6.45, 7) is 4.61. The van der Waals surface area contributed by atoms with Gasteiger partial charge in [0.1, 0.15) is 11.5 Å². The Morgan fingerprint density at radius 2 is 1.18 bits per heavy atom. The number of rotatable bonds is 16. The summed E-state index contributed by atoms with van der Waals surface area (Å²) >= 11 is 1.87. The minimum absolute atomic E-state index is 0.809. The fourth-order valence-electron chi connectivity index (χ4n) is 5.35. The molecule has 1 aromatic heterocycles. The van der Waals surface area contributed by atoms with Crippen LogP contribution in [0.1, 0.15) is 70.8 Å². The van der Waals surface area contributed by atoms with E-state index in [9.17, 15) is 0 Å². The quantitative estimate of drug-likeness (QED) is 0.128. The van der Waals surface area contributed by atoms with E-state index in [0.29, 0.717) is 0 Å². The van der Waals surface area contributed by atoms with E-state index < -0.39 is 0 Å². The summed E-state index contributed by atoms with van der Waals surface area (Å²) in [6, 6.07) is 27.8. The summed E-state index contributed by atoms with van der Waals surface area (Å²) in [7, 11) is 3.40. The van der Waals surface area contributed by atoms with Crippen LogP contribution in [0.3, 0.4) is 0 Å². The van der Waals surface area contributed by atoms with Crippen molar-refractivity contribution >= 4 is 28.4 Å². The maximum Gasteiger partial charge on any atom is 0.119 e. The summed E-state index contributed by atoms with van der Waals surface area (Å²) in [6.07, 6.45) is 12.0. The lowest BCUT2D eigenvalue weighted by Gasteiger charge is -2.26. The maximum absolute atomic E-state index is 5.40. The number of unbranched alkanes of at least 4 members (excludes halogenated alkanes) is 4. The fraction of sp³-hybridized carbons (Fsp3) is 0.389. The fourth-order valence-corrected chi connectivity index (χ4v) is 6.29. The van der Waals surface area contributed by atoms with E-state index in [0.717, 1.165) is 34.5 Å². The highest BCUT2D eigenvalue weighted by atomic mass is 32.1. The Balaban J connectivity index is 1.52. The lowest BCUT2D eigenvalue weighted by Crippen LogP contribution is -2.09. The van der Waals surface area contributed by atoms with Gasteiger partial charge in [-0.3, -0.25) is 0 Å². The molecule has 1 unspecified atom stereocenters. The van der Waals surface area contributed by atoms with E-state index in [2.05, 4.69) is 78.7 Å². The van der Waals surface area contributed by atoms with Crippen molar-refractivity contribution in [2.24, 2.45) is 5.92 Å². The van der Waals surface area contributed by atoms with Crippen molar-refractivity contribution in [1.29, 1.82) is 0 Å². The van der Waals surface area contributed by atoms with Crippen LogP contribution in [0.5, 0.6) is 11.5 Å². The van der Waals surface area contributed by atoms with Crippen molar-refractivity contribution in [2.75, 3.05) is 19.1 Å². The second kappa shape index (κ2) is 15.5. The molecule has 0 saturated carbocycles. The van der Waals surface area contributed by atoms with Gasteiger partial charge in [0.2, 0.25) is 0 Å². The smallest absolute Gasteiger partial charge is 0.119 e. The molecule has 212 valence electrons. The average Bonchev–Trinajstić information content (AvgIpc) is 3.47. The molecule has 4 heteroatoms. The van der Waals surface area contributed by atoms with Crippen LogP contribution < -0.4 is 14.4 Å². The van der Waals surface area contributed by atoms with Crippen LogP contribution in [0, 0.1) is 5.92 Å². The first-order valence-corrected chi connectivity index (χ1v) is 15.8. The number of hydrogen-bond donors (Lipinski definition) is 0. The Morgan fingerprint density at radius 1 is 0.650 bits per heavy atom. The first-order valence-electron chi connectivity index (χ1n) is 14.9. The highest BCUT2D eigenvalue weighted by Crippen LogP contribution is 2.38. The zero-order chi connectivity index (χ0) is 28.2. The molecule has 0 fully saturated rings. The monoisotopic (exact) mass is 555 g/mol. The third-order valence-corrected chi connectivity index (χ3v) is 8.71. The van der Waals surface area contributed by atoms with Crippen molar-refractivity contribution in [3.63, 3.8) is 0 Å². The van der Waals surface area contributed by atoms with Gasteiger partial charge in [0.15, 0.2) is 0 Å². The zero-order valence-corrected chi connectivity index (χ0v) is 25.5. The van der Waals surface area contributed by atoms with Gasteiger partial charge in [-0.15, -0.1) is 11.3 Å². The minimum Gasteiger partial charge on any atom is -0.497 e. The molecule has 0 amide bonds. The molecule has 3 nitrogen and oxygen atoms in total. The first kappa shape index (κ1) is 29.7. The van der Waals surface area contributed by atoms with Crippen molar-refractivity contribution in [2.45, 2.75) is 71.6 Å². The SMILES string of the molecule is CCCCCCC(CCCC)Cc1csc(-c2ccc(N(c3ccc(OC)cc3)c3ccc(OC)cc3)cc2)c1. The van der Waals surface area contributed by atoms with Crippen molar-refractivity contribution in [3.8, 4) is 21.9 Å². The molecule has 3 aromatic carbocycles. The highest BCUT2D eigenvalue weighted by Gasteiger charge is 2.15. The Hall–Kier alpha value is -3.24. The van der Waals surface area contributed by atoms with Gasteiger partial charge in [0.25, 0.3) is 0 Å². The molecule has 40 heavy (non-hydrogen) atoms. The van der Waals surface area contributed by atoms with E-state index in [1.165, 1.54) is 73.8 Å². The molecule has 0 bridgehead atoms. The molecule has 1 atom stereocenters. The van der Waals surface area contributed by atoms with Crippen LogP contribution >= 0.6 is 11.3 Å². The summed E-state index contributed by atoms with van der Waals surface area (Å²) < 4.78 is 10.8. The third kappa shape index (κ3) is 8.14. The zero-order valence-electron chi connectivity index (χ0n) is 24.7. The van der Waals surface area contributed by atoms with Gasteiger partial charge in [0, 0.05) is 21.9 Å². The second-order valence-corrected chi connectivity index (χ2v) is 11.6. The van der Waals surface area contributed by atoms with Crippen molar-refractivity contribution in [1.82, 2.24) is 0 Å². The normalized spacial score (nSPS) is 11.8. The van der Waals surface area contributed by atoms with Crippen molar-refractivity contribution in [3.05, 3.63) is 89.8 Å². The van der Waals surface area contributed by atoms with E-state index in [1.807, 2.05) is 35.6 Å². The van der Waals surface area contributed by atoms with E-state index in [1.54, 1.807) is 14.2 Å². The number of nitrogens with zero attached hydrogens (tertiary/aromatic N) is 1. The Morgan fingerprint density at radius 3 is 1.70 bits per heavy atom. The molecule has 4 aromatic rings. The Kier molecular flexibility index (Phi) is 11.5. The lowest BCUT2D eigenvalue weighted by molar-refractivity contribution is 0.410. The molecule has 0 radical (unpaired) electrons. The highest BCUT2D eigenvalue weighted by molar-refractivity contribution is 7.13. The number of anilines is 3. The number of thiophene rings is 1. The molecule has 0 aliphatic carbocycles. The summed E-state index contributed by atoms with van der Waals surface area (Å²) in [4.78, 5) is 3.61. The van der Waals surface area contributed by atoms with Crippen molar-refractivity contribution < 1.29 is 9.47 Å². The van der Waals surface area contributed by atoms with Gasteiger partial charge < -0.3 is 14.4 Å². The predicted molar refractivity (Wildman–Crippen MR) is 173 cm³/mol. The number of hydrogen-bond acceptors (Lipinski definition) is 4.